The van der Waals surface area contributed by atoms with Gasteiger partial charge in [0.2, 0.25) is 0 Å². The van der Waals surface area contributed by atoms with Crippen molar-refractivity contribution in [1.29, 1.82) is 0 Å². The lowest BCUT2D eigenvalue weighted by Gasteiger charge is -2.09. The number of cyclic esters (lactones) is 1. The molecular weight excluding hydrogens is 218 g/mol. The zero-order chi connectivity index (χ0) is 12.3. The molecule has 4 nitrogen and oxygen atoms in total. The van der Waals surface area contributed by atoms with Crippen LogP contribution in [0.1, 0.15) is 25.0 Å². The number of methoxy groups -OCH3 is 1. The number of ether oxygens (including phenoxy) is 2. The van der Waals surface area contributed by atoms with Gasteiger partial charge in [0.1, 0.15) is 17.9 Å². The van der Waals surface area contributed by atoms with Gasteiger partial charge in [-0.2, -0.15) is 0 Å². The molecule has 0 aliphatic carbocycles. The van der Waals surface area contributed by atoms with Crippen LogP contribution in [0.4, 0.5) is 0 Å². The Balaban J connectivity index is 2.06. The van der Waals surface area contributed by atoms with Gasteiger partial charge >= 0.3 is 5.97 Å². The molecule has 1 N–H and O–H groups in total. The smallest absolute Gasteiger partial charge is 0.323 e. The molecule has 2 atom stereocenters. The Morgan fingerprint density at radius 1 is 1.41 bits per heavy atom. The first-order valence-electron chi connectivity index (χ1n) is 5.82. The van der Waals surface area contributed by atoms with Gasteiger partial charge in [0.15, 0.2) is 0 Å². The van der Waals surface area contributed by atoms with Crippen molar-refractivity contribution in [2.24, 2.45) is 0 Å². The van der Waals surface area contributed by atoms with E-state index in [1.54, 1.807) is 7.11 Å². The fourth-order valence-corrected chi connectivity index (χ4v) is 2.02. The molecule has 1 fully saturated rings. The van der Waals surface area contributed by atoms with Crippen LogP contribution in [0, 0.1) is 0 Å². The second kappa shape index (κ2) is 5.19. The number of carbonyl (C=O) groups is 1. The highest BCUT2D eigenvalue weighted by Crippen LogP contribution is 2.30. The summed E-state index contributed by atoms with van der Waals surface area (Å²) in [4.78, 5) is 11.6. The zero-order valence-electron chi connectivity index (χ0n) is 10.1. The van der Waals surface area contributed by atoms with E-state index in [0.29, 0.717) is 6.42 Å². The second-order valence-corrected chi connectivity index (χ2v) is 4.04. The molecule has 1 aromatic rings. The summed E-state index contributed by atoms with van der Waals surface area (Å²) in [6, 6.07) is 7.45. The highest BCUT2D eigenvalue weighted by atomic mass is 16.6. The number of rotatable bonds is 4. The number of carbonyl (C=O) groups excluding carboxylic acids is 1. The molecule has 92 valence electrons. The third-order valence-corrected chi connectivity index (χ3v) is 2.93. The Morgan fingerprint density at radius 3 is 2.71 bits per heavy atom. The molecule has 2 unspecified atom stereocenters. The zero-order valence-corrected chi connectivity index (χ0v) is 10.1. The van der Waals surface area contributed by atoms with Crippen LogP contribution >= 0.6 is 0 Å². The van der Waals surface area contributed by atoms with Gasteiger partial charge < -0.3 is 14.8 Å². The maximum Gasteiger partial charge on any atom is 0.323 e. The first-order valence-corrected chi connectivity index (χ1v) is 5.82. The van der Waals surface area contributed by atoms with Crippen molar-refractivity contribution >= 4 is 5.97 Å². The normalized spacial score (nSPS) is 23.5. The Morgan fingerprint density at radius 2 is 2.12 bits per heavy atom. The summed E-state index contributed by atoms with van der Waals surface area (Å²) in [6.07, 6.45) is 0.552. The van der Waals surface area contributed by atoms with Gasteiger partial charge in [-0.1, -0.05) is 19.1 Å². The van der Waals surface area contributed by atoms with E-state index in [2.05, 4.69) is 5.32 Å². The molecule has 0 bridgehead atoms. The monoisotopic (exact) mass is 235 g/mol. The maximum absolute atomic E-state index is 11.6. The van der Waals surface area contributed by atoms with Crippen LogP contribution < -0.4 is 10.1 Å². The number of benzene rings is 1. The minimum atomic E-state index is -0.174. The molecule has 17 heavy (non-hydrogen) atoms. The fourth-order valence-electron chi connectivity index (χ4n) is 2.02. The Bertz CT molecular complexity index is 388. The second-order valence-electron chi connectivity index (χ2n) is 4.04. The third kappa shape index (κ3) is 2.58. The quantitative estimate of drug-likeness (QED) is 0.806. The topological polar surface area (TPSA) is 47.6 Å². The van der Waals surface area contributed by atoms with Gasteiger partial charge in [-0.25, -0.2) is 0 Å². The van der Waals surface area contributed by atoms with E-state index in [-0.39, 0.29) is 18.1 Å². The number of likely N-dealkylation sites (N-methyl/N-ethyl adjacent to an activating group) is 1. The van der Waals surface area contributed by atoms with Crippen molar-refractivity contribution in [2.45, 2.75) is 25.5 Å². The predicted molar refractivity (Wildman–Crippen MR) is 63.9 cm³/mol. The number of nitrogens with one attached hydrogen (secondary N) is 1. The van der Waals surface area contributed by atoms with Gasteiger partial charge in [-0.05, 0) is 24.2 Å². The van der Waals surface area contributed by atoms with Crippen LogP contribution in [0.2, 0.25) is 0 Å². The van der Waals surface area contributed by atoms with Crippen LogP contribution in [-0.2, 0) is 9.53 Å². The molecule has 1 aromatic carbocycles. The van der Waals surface area contributed by atoms with E-state index in [1.165, 1.54) is 0 Å². The number of hydrogen-bond acceptors (Lipinski definition) is 4. The molecule has 4 heteroatoms. The molecule has 0 radical (unpaired) electrons. The average Bonchev–Trinajstić information content (AvgIpc) is 2.72. The van der Waals surface area contributed by atoms with Gasteiger partial charge in [-0.15, -0.1) is 0 Å². The number of hydrogen-bond donors (Lipinski definition) is 1. The summed E-state index contributed by atoms with van der Waals surface area (Å²) >= 11 is 0. The van der Waals surface area contributed by atoms with Crippen LogP contribution in [0.5, 0.6) is 5.75 Å². The number of esters is 1. The Kier molecular flexibility index (Phi) is 3.64. The molecule has 2 rings (SSSR count). The summed E-state index contributed by atoms with van der Waals surface area (Å²) in [7, 11) is 1.63. The first-order chi connectivity index (χ1) is 8.24. The maximum atomic E-state index is 11.6. The van der Waals surface area contributed by atoms with Crippen molar-refractivity contribution in [3.63, 3.8) is 0 Å². The van der Waals surface area contributed by atoms with E-state index >= 15 is 0 Å². The molecule has 1 aliphatic heterocycles. The first kappa shape index (κ1) is 11.9. The summed E-state index contributed by atoms with van der Waals surface area (Å²) in [5, 5.41) is 3.12. The van der Waals surface area contributed by atoms with Crippen LogP contribution in [0.25, 0.3) is 0 Å². The highest BCUT2D eigenvalue weighted by molar-refractivity contribution is 5.78. The van der Waals surface area contributed by atoms with Gasteiger partial charge in [0.25, 0.3) is 0 Å². The lowest BCUT2D eigenvalue weighted by molar-refractivity contribution is -0.143. The van der Waals surface area contributed by atoms with Crippen molar-refractivity contribution in [2.75, 3.05) is 13.7 Å². The van der Waals surface area contributed by atoms with Gasteiger partial charge in [0.05, 0.1) is 7.11 Å². The van der Waals surface area contributed by atoms with Crippen molar-refractivity contribution in [1.82, 2.24) is 5.32 Å². The molecular formula is C13H17NO3. The molecule has 1 heterocycles. The fraction of sp³-hybridized carbons (Fsp3) is 0.462. The molecule has 0 aromatic heterocycles. The Hall–Kier alpha value is -1.55. The van der Waals surface area contributed by atoms with E-state index in [9.17, 15) is 4.79 Å². The SMILES string of the molecule is CCNC1CC(c2ccc(OC)cc2)OC1=O. The molecule has 1 saturated heterocycles. The van der Waals surface area contributed by atoms with Gasteiger partial charge in [0, 0.05) is 6.42 Å². The van der Waals surface area contributed by atoms with E-state index in [1.807, 2.05) is 31.2 Å². The lowest BCUT2D eigenvalue weighted by atomic mass is 10.0. The van der Waals surface area contributed by atoms with Crippen LogP contribution in [0.15, 0.2) is 24.3 Å². The van der Waals surface area contributed by atoms with E-state index in [4.69, 9.17) is 9.47 Å². The summed E-state index contributed by atoms with van der Waals surface area (Å²) in [6.45, 7) is 2.75. The standard InChI is InChI=1S/C13H17NO3/c1-3-14-11-8-12(17-13(11)15)9-4-6-10(16-2)7-5-9/h4-7,11-12,14H,3,8H2,1-2H3. The van der Waals surface area contributed by atoms with Crippen molar-refractivity contribution in [3.8, 4) is 5.75 Å². The van der Waals surface area contributed by atoms with E-state index in [0.717, 1.165) is 17.9 Å². The molecule has 0 amide bonds. The lowest BCUT2D eigenvalue weighted by Crippen LogP contribution is -2.32. The Labute approximate surface area is 101 Å². The highest BCUT2D eigenvalue weighted by Gasteiger charge is 2.34. The minimum absolute atomic E-state index is 0.141. The molecule has 0 spiro atoms. The van der Waals surface area contributed by atoms with Crippen LogP contribution in [0.3, 0.4) is 0 Å². The largest absolute Gasteiger partial charge is 0.497 e. The van der Waals surface area contributed by atoms with Crippen molar-refractivity contribution < 1.29 is 14.3 Å². The third-order valence-electron chi connectivity index (χ3n) is 2.93. The minimum Gasteiger partial charge on any atom is -0.497 e. The molecule has 1 aliphatic rings. The van der Waals surface area contributed by atoms with E-state index < -0.39 is 0 Å². The van der Waals surface area contributed by atoms with Gasteiger partial charge in [-0.3, -0.25) is 4.79 Å². The average molecular weight is 235 g/mol. The summed E-state index contributed by atoms with van der Waals surface area (Å²) < 4.78 is 10.4. The summed E-state index contributed by atoms with van der Waals surface area (Å²) in [5.74, 6) is 0.647. The predicted octanol–water partition coefficient (Wildman–Crippen LogP) is 1.66. The van der Waals surface area contributed by atoms with Crippen LogP contribution in [-0.4, -0.2) is 25.7 Å². The molecule has 0 saturated carbocycles. The van der Waals surface area contributed by atoms with Crippen molar-refractivity contribution in [3.05, 3.63) is 29.8 Å². The summed E-state index contributed by atoms with van der Waals surface area (Å²) in [5.41, 5.74) is 1.01.